The normalized spacial score (nSPS) is 13.2. The molecule has 0 amide bonds. The van der Waals surface area contributed by atoms with Crippen LogP contribution >= 0.6 is 0 Å². The van der Waals surface area contributed by atoms with Crippen molar-refractivity contribution in [2.24, 2.45) is 11.8 Å². The summed E-state index contributed by atoms with van der Waals surface area (Å²) in [6.07, 6.45) is -3.67. The standard InChI is InChI=1S/C10H16F3N5/c1-3-6(2)5-15-7-4-8(18-14)17-9(16-7)10(11,12)13/h4,6H,3,5,14H2,1-2H3,(H2,15,16,17,18). The highest BCUT2D eigenvalue weighted by Crippen LogP contribution is 2.28. The van der Waals surface area contributed by atoms with E-state index in [0.717, 1.165) is 6.42 Å². The van der Waals surface area contributed by atoms with Crippen molar-refractivity contribution in [3.05, 3.63) is 11.9 Å². The summed E-state index contributed by atoms with van der Waals surface area (Å²) >= 11 is 0. The molecule has 1 atom stereocenters. The van der Waals surface area contributed by atoms with Crippen molar-refractivity contribution >= 4 is 11.6 Å². The lowest BCUT2D eigenvalue weighted by Crippen LogP contribution is -2.18. The Morgan fingerprint density at radius 3 is 2.44 bits per heavy atom. The molecule has 102 valence electrons. The van der Waals surface area contributed by atoms with E-state index in [0.29, 0.717) is 12.5 Å². The number of hydrazine groups is 1. The number of halogens is 3. The van der Waals surface area contributed by atoms with Gasteiger partial charge in [0.2, 0.25) is 5.82 Å². The highest BCUT2D eigenvalue weighted by atomic mass is 19.4. The van der Waals surface area contributed by atoms with Crippen molar-refractivity contribution in [3.63, 3.8) is 0 Å². The van der Waals surface area contributed by atoms with Crippen molar-refractivity contribution in [2.75, 3.05) is 17.3 Å². The molecule has 4 N–H and O–H groups in total. The minimum atomic E-state index is -4.60. The molecule has 1 aromatic heterocycles. The van der Waals surface area contributed by atoms with Crippen molar-refractivity contribution in [3.8, 4) is 0 Å². The second-order valence-electron chi connectivity index (χ2n) is 4.00. The van der Waals surface area contributed by atoms with Gasteiger partial charge in [0.1, 0.15) is 11.6 Å². The SMILES string of the molecule is CCC(C)CNc1cc(NN)nc(C(F)(F)F)n1. The van der Waals surface area contributed by atoms with Gasteiger partial charge in [0.25, 0.3) is 0 Å². The molecule has 5 nitrogen and oxygen atoms in total. The number of rotatable bonds is 5. The van der Waals surface area contributed by atoms with Gasteiger partial charge < -0.3 is 10.7 Å². The maximum Gasteiger partial charge on any atom is 0.451 e. The van der Waals surface area contributed by atoms with Gasteiger partial charge in [0.15, 0.2) is 0 Å². The second-order valence-corrected chi connectivity index (χ2v) is 4.00. The summed E-state index contributed by atoms with van der Waals surface area (Å²) in [4.78, 5) is 6.67. The fraction of sp³-hybridized carbons (Fsp3) is 0.600. The number of anilines is 2. The Morgan fingerprint density at radius 2 is 1.94 bits per heavy atom. The van der Waals surface area contributed by atoms with Gasteiger partial charge >= 0.3 is 6.18 Å². The Morgan fingerprint density at radius 1 is 1.33 bits per heavy atom. The van der Waals surface area contributed by atoms with Gasteiger partial charge in [-0.2, -0.15) is 13.2 Å². The lowest BCUT2D eigenvalue weighted by atomic mass is 10.1. The number of nitrogen functional groups attached to an aromatic ring is 1. The Labute approximate surface area is 103 Å². The highest BCUT2D eigenvalue weighted by Gasteiger charge is 2.35. The number of hydrogen-bond acceptors (Lipinski definition) is 5. The van der Waals surface area contributed by atoms with Crippen LogP contribution in [0.25, 0.3) is 0 Å². The van der Waals surface area contributed by atoms with Crippen molar-refractivity contribution in [1.82, 2.24) is 9.97 Å². The molecule has 0 aliphatic carbocycles. The van der Waals surface area contributed by atoms with Crippen LogP contribution in [0.2, 0.25) is 0 Å². The lowest BCUT2D eigenvalue weighted by molar-refractivity contribution is -0.144. The molecule has 0 spiro atoms. The first-order valence-corrected chi connectivity index (χ1v) is 5.53. The van der Waals surface area contributed by atoms with E-state index in [1.807, 2.05) is 13.8 Å². The van der Waals surface area contributed by atoms with Crippen LogP contribution in [0.5, 0.6) is 0 Å². The van der Waals surface area contributed by atoms with Crippen molar-refractivity contribution in [1.29, 1.82) is 0 Å². The average molecular weight is 263 g/mol. The van der Waals surface area contributed by atoms with Crippen molar-refractivity contribution < 1.29 is 13.2 Å². The van der Waals surface area contributed by atoms with Gasteiger partial charge in [-0.05, 0) is 5.92 Å². The molecule has 1 rings (SSSR count). The second kappa shape index (κ2) is 5.85. The third kappa shape index (κ3) is 4.02. The van der Waals surface area contributed by atoms with E-state index in [-0.39, 0.29) is 11.6 Å². The molecule has 8 heteroatoms. The fourth-order valence-electron chi connectivity index (χ4n) is 1.16. The monoisotopic (exact) mass is 263 g/mol. The van der Waals surface area contributed by atoms with E-state index in [4.69, 9.17) is 5.84 Å². The van der Waals surface area contributed by atoms with E-state index >= 15 is 0 Å². The molecule has 1 unspecified atom stereocenters. The minimum Gasteiger partial charge on any atom is -0.370 e. The first-order chi connectivity index (χ1) is 8.36. The lowest BCUT2D eigenvalue weighted by Gasteiger charge is -2.13. The topological polar surface area (TPSA) is 75.9 Å². The quantitative estimate of drug-likeness (QED) is 0.561. The Kier molecular flexibility index (Phi) is 4.71. The molecule has 1 heterocycles. The zero-order valence-electron chi connectivity index (χ0n) is 10.2. The number of alkyl halides is 3. The third-order valence-electron chi connectivity index (χ3n) is 2.46. The minimum absolute atomic E-state index is 0.0797. The average Bonchev–Trinajstić information content (AvgIpc) is 2.34. The summed E-state index contributed by atoms with van der Waals surface area (Å²) in [5, 5.41) is 2.84. The van der Waals surface area contributed by atoms with Gasteiger partial charge in [-0.25, -0.2) is 15.8 Å². The predicted octanol–water partition coefficient (Wildman–Crippen LogP) is 2.24. The van der Waals surface area contributed by atoms with Gasteiger partial charge in [0.05, 0.1) is 0 Å². The molecule has 0 aromatic carbocycles. The maximum absolute atomic E-state index is 12.5. The van der Waals surface area contributed by atoms with Gasteiger partial charge in [-0.3, -0.25) is 0 Å². The first kappa shape index (κ1) is 14.5. The summed E-state index contributed by atoms with van der Waals surface area (Å²) in [7, 11) is 0. The van der Waals surface area contributed by atoms with Crippen LogP contribution in [0.4, 0.5) is 24.8 Å². The summed E-state index contributed by atoms with van der Waals surface area (Å²) in [6, 6.07) is 1.33. The van der Waals surface area contributed by atoms with E-state index in [1.54, 1.807) is 0 Å². The van der Waals surface area contributed by atoms with Crippen LogP contribution in [-0.2, 0) is 6.18 Å². The molecule has 0 aliphatic rings. The maximum atomic E-state index is 12.5. The Balaban J connectivity index is 2.91. The van der Waals surface area contributed by atoms with E-state index in [2.05, 4.69) is 20.7 Å². The van der Waals surface area contributed by atoms with E-state index < -0.39 is 12.0 Å². The molecule has 0 saturated heterocycles. The third-order valence-corrected chi connectivity index (χ3v) is 2.46. The van der Waals surface area contributed by atoms with Crippen LogP contribution in [-0.4, -0.2) is 16.5 Å². The van der Waals surface area contributed by atoms with Gasteiger partial charge in [0, 0.05) is 12.6 Å². The molecule has 0 radical (unpaired) electrons. The molecular weight excluding hydrogens is 247 g/mol. The number of hydrogen-bond donors (Lipinski definition) is 3. The van der Waals surface area contributed by atoms with E-state index in [9.17, 15) is 13.2 Å². The summed E-state index contributed by atoms with van der Waals surface area (Å²) in [5.74, 6) is 4.22. The largest absolute Gasteiger partial charge is 0.451 e. The Hall–Kier alpha value is -1.57. The first-order valence-electron chi connectivity index (χ1n) is 5.53. The van der Waals surface area contributed by atoms with E-state index in [1.165, 1.54) is 6.07 Å². The zero-order chi connectivity index (χ0) is 13.8. The summed E-state index contributed by atoms with van der Waals surface area (Å²) in [6.45, 7) is 4.52. The predicted molar refractivity (Wildman–Crippen MR) is 62.8 cm³/mol. The molecular formula is C10H16F3N5. The number of nitrogens with zero attached hydrogens (tertiary/aromatic N) is 2. The highest BCUT2D eigenvalue weighted by molar-refractivity contribution is 5.47. The summed E-state index contributed by atoms with van der Waals surface area (Å²) < 4.78 is 37.6. The summed E-state index contributed by atoms with van der Waals surface area (Å²) in [5.41, 5.74) is 2.09. The van der Waals surface area contributed by atoms with Crippen molar-refractivity contribution in [2.45, 2.75) is 26.4 Å². The number of nitrogens with one attached hydrogen (secondary N) is 2. The molecule has 0 bridgehead atoms. The van der Waals surface area contributed by atoms with Crippen LogP contribution in [0.3, 0.4) is 0 Å². The molecule has 0 saturated carbocycles. The van der Waals surface area contributed by atoms with Crippen LogP contribution in [0, 0.1) is 5.92 Å². The Bertz CT molecular complexity index is 394. The smallest absolute Gasteiger partial charge is 0.370 e. The molecule has 0 aliphatic heterocycles. The molecule has 1 aromatic rings. The van der Waals surface area contributed by atoms with Crippen LogP contribution < -0.4 is 16.6 Å². The number of nitrogens with two attached hydrogens (primary N) is 1. The molecule has 0 fully saturated rings. The number of aromatic nitrogens is 2. The van der Waals surface area contributed by atoms with Crippen LogP contribution in [0.1, 0.15) is 26.1 Å². The fourth-order valence-corrected chi connectivity index (χ4v) is 1.16. The van der Waals surface area contributed by atoms with Crippen LogP contribution in [0.15, 0.2) is 6.07 Å². The van der Waals surface area contributed by atoms with Gasteiger partial charge in [-0.1, -0.05) is 20.3 Å². The molecule has 18 heavy (non-hydrogen) atoms. The van der Waals surface area contributed by atoms with Gasteiger partial charge in [-0.15, -0.1) is 0 Å². The zero-order valence-corrected chi connectivity index (χ0v) is 10.2.